The van der Waals surface area contributed by atoms with Crippen molar-refractivity contribution >= 4 is 62.5 Å². The number of para-hydroxylation sites is 1. The summed E-state index contributed by atoms with van der Waals surface area (Å²) in [6.45, 7) is 4.64. The molecule has 0 saturated heterocycles. The number of fused-ring (bicyclic) bond motifs is 2. The number of thiophene rings is 1. The van der Waals surface area contributed by atoms with Crippen LogP contribution in [-0.2, 0) is 22.5 Å². The Balaban J connectivity index is 1.51. The van der Waals surface area contributed by atoms with Gasteiger partial charge in [-0.3, -0.25) is 14.2 Å². The Labute approximate surface area is 233 Å². The van der Waals surface area contributed by atoms with E-state index in [1.165, 1.54) is 11.8 Å². The fourth-order valence-electron chi connectivity index (χ4n) is 4.61. The van der Waals surface area contributed by atoms with Crippen LogP contribution in [0.4, 0.5) is 5.69 Å². The van der Waals surface area contributed by atoms with Crippen LogP contribution in [0, 0.1) is 6.92 Å². The second kappa shape index (κ2) is 11.3. The van der Waals surface area contributed by atoms with Crippen molar-refractivity contribution < 1.29 is 14.3 Å². The summed E-state index contributed by atoms with van der Waals surface area (Å²) in [5.74, 6) is -0.379. The molecule has 0 saturated carbocycles. The number of carbonyl (C=O) groups excluding carboxylic acids is 2. The van der Waals surface area contributed by atoms with Crippen molar-refractivity contribution in [1.29, 1.82) is 0 Å². The SMILES string of the molecule is CCOC(=O)c1sc2nc(SCC(=O)N3CCCc4ccccc43)n(Cc3ccc(Cl)cc3)c(=O)c2c1C. The van der Waals surface area contributed by atoms with Gasteiger partial charge in [-0.2, -0.15) is 0 Å². The Hall–Kier alpha value is -3.14. The lowest BCUT2D eigenvalue weighted by Crippen LogP contribution is -2.36. The first kappa shape index (κ1) is 26.5. The molecule has 196 valence electrons. The molecule has 2 aromatic carbocycles. The Morgan fingerprint density at radius 1 is 1.16 bits per heavy atom. The molecule has 0 bridgehead atoms. The molecule has 1 amide bonds. The van der Waals surface area contributed by atoms with Gasteiger partial charge in [-0.25, -0.2) is 9.78 Å². The zero-order chi connectivity index (χ0) is 26.8. The summed E-state index contributed by atoms with van der Waals surface area (Å²) in [6, 6.07) is 15.2. The van der Waals surface area contributed by atoms with E-state index < -0.39 is 5.97 Å². The molecule has 1 aliphatic heterocycles. The minimum atomic E-state index is -0.468. The number of hydrogen-bond donors (Lipinski definition) is 0. The van der Waals surface area contributed by atoms with Gasteiger partial charge in [0.05, 0.1) is 24.3 Å². The van der Waals surface area contributed by atoms with Crippen LogP contribution in [0.5, 0.6) is 0 Å². The van der Waals surface area contributed by atoms with Gasteiger partial charge in [0.15, 0.2) is 5.16 Å². The number of rotatable bonds is 7. The first-order valence-corrected chi connectivity index (χ1v) is 14.5. The van der Waals surface area contributed by atoms with Crippen LogP contribution in [0.1, 0.15) is 39.7 Å². The molecule has 0 N–H and O–H groups in total. The predicted octanol–water partition coefficient (Wildman–Crippen LogP) is 5.72. The zero-order valence-corrected chi connectivity index (χ0v) is 23.4. The molecule has 10 heteroatoms. The molecule has 0 unspecified atom stereocenters. The number of halogens is 1. The minimum absolute atomic E-state index is 0.0379. The molecule has 0 atom stereocenters. The van der Waals surface area contributed by atoms with Crippen LogP contribution in [0.3, 0.4) is 0 Å². The van der Waals surface area contributed by atoms with Crippen LogP contribution < -0.4 is 10.5 Å². The number of esters is 1. The zero-order valence-electron chi connectivity index (χ0n) is 21.0. The van der Waals surface area contributed by atoms with E-state index in [0.717, 1.165) is 41.0 Å². The average Bonchev–Trinajstić information content (AvgIpc) is 3.26. The lowest BCUT2D eigenvalue weighted by atomic mass is 10.0. The molecule has 7 nitrogen and oxygen atoms in total. The molecular weight excluding hydrogens is 542 g/mol. The quantitative estimate of drug-likeness (QED) is 0.161. The van der Waals surface area contributed by atoms with Crippen molar-refractivity contribution in [2.45, 2.75) is 38.4 Å². The Bertz CT molecular complexity index is 1580. The van der Waals surface area contributed by atoms with Crippen LogP contribution in [0.15, 0.2) is 58.5 Å². The van der Waals surface area contributed by atoms with Gasteiger partial charge in [0.25, 0.3) is 5.56 Å². The third kappa shape index (κ3) is 5.23. The van der Waals surface area contributed by atoms with Crippen molar-refractivity contribution in [3.05, 3.63) is 85.5 Å². The number of carbonyl (C=O) groups is 2. The first-order valence-electron chi connectivity index (χ1n) is 12.3. The third-order valence-electron chi connectivity index (χ3n) is 6.47. The second-order valence-electron chi connectivity index (χ2n) is 8.94. The van der Waals surface area contributed by atoms with E-state index in [9.17, 15) is 14.4 Å². The van der Waals surface area contributed by atoms with Gasteiger partial charge < -0.3 is 9.64 Å². The topological polar surface area (TPSA) is 81.5 Å². The van der Waals surface area contributed by atoms with E-state index in [2.05, 4.69) is 6.07 Å². The Morgan fingerprint density at radius 3 is 2.68 bits per heavy atom. The van der Waals surface area contributed by atoms with Crippen LogP contribution in [0.2, 0.25) is 5.02 Å². The monoisotopic (exact) mass is 567 g/mol. The summed E-state index contributed by atoms with van der Waals surface area (Å²) in [4.78, 5) is 47.0. The summed E-state index contributed by atoms with van der Waals surface area (Å²) >= 11 is 8.44. The largest absolute Gasteiger partial charge is 0.462 e. The van der Waals surface area contributed by atoms with Crippen LogP contribution in [-0.4, -0.2) is 40.3 Å². The standard InChI is InChI=1S/C28H26ClN3O4S2/c1-3-36-27(35)24-17(2)23-25(38-24)30-28(32(26(23)34)15-18-10-12-20(29)13-11-18)37-16-22(33)31-14-6-8-19-7-4-5-9-21(19)31/h4-5,7,9-13H,3,6,8,14-16H2,1-2H3. The van der Waals surface area contributed by atoms with E-state index in [4.69, 9.17) is 21.3 Å². The van der Waals surface area contributed by atoms with E-state index in [1.54, 1.807) is 30.5 Å². The van der Waals surface area contributed by atoms with Gasteiger partial charge >= 0.3 is 5.97 Å². The summed E-state index contributed by atoms with van der Waals surface area (Å²) in [6.07, 6.45) is 1.86. The van der Waals surface area contributed by atoms with Gasteiger partial charge in [-0.1, -0.05) is 53.7 Å². The number of thioether (sulfide) groups is 1. The highest BCUT2D eigenvalue weighted by Gasteiger charge is 2.25. The van der Waals surface area contributed by atoms with E-state index in [0.29, 0.717) is 37.4 Å². The molecule has 0 spiro atoms. The van der Waals surface area contributed by atoms with Crippen LogP contribution >= 0.6 is 34.7 Å². The van der Waals surface area contributed by atoms with E-state index >= 15 is 0 Å². The van der Waals surface area contributed by atoms with E-state index in [-0.39, 0.29) is 30.4 Å². The van der Waals surface area contributed by atoms with Gasteiger partial charge in [0.1, 0.15) is 9.71 Å². The number of hydrogen-bond acceptors (Lipinski definition) is 7. The highest BCUT2D eigenvalue weighted by Crippen LogP contribution is 2.31. The Morgan fingerprint density at radius 2 is 1.92 bits per heavy atom. The molecular formula is C28H26ClN3O4S2. The van der Waals surface area contributed by atoms with Crippen molar-refractivity contribution in [3.63, 3.8) is 0 Å². The number of anilines is 1. The fourth-order valence-corrected chi connectivity index (χ4v) is 6.72. The number of aryl methyl sites for hydroxylation is 2. The molecule has 2 aromatic heterocycles. The van der Waals surface area contributed by atoms with Crippen molar-refractivity contribution in [2.24, 2.45) is 0 Å². The molecule has 4 aromatic rings. The molecule has 3 heterocycles. The first-order chi connectivity index (χ1) is 18.4. The lowest BCUT2D eigenvalue weighted by Gasteiger charge is -2.29. The highest BCUT2D eigenvalue weighted by atomic mass is 35.5. The third-order valence-corrected chi connectivity index (χ3v) is 8.84. The van der Waals surface area contributed by atoms with Crippen molar-refractivity contribution in [2.75, 3.05) is 23.8 Å². The summed E-state index contributed by atoms with van der Waals surface area (Å²) < 4.78 is 6.76. The smallest absolute Gasteiger partial charge is 0.348 e. The van der Waals surface area contributed by atoms with Gasteiger partial charge in [-0.05, 0) is 61.6 Å². The van der Waals surface area contributed by atoms with Crippen molar-refractivity contribution in [1.82, 2.24) is 9.55 Å². The second-order valence-corrected chi connectivity index (χ2v) is 11.3. The maximum Gasteiger partial charge on any atom is 0.348 e. The molecule has 0 aliphatic carbocycles. The maximum absolute atomic E-state index is 13.8. The summed E-state index contributed by atoms with van der Waals surface area (Å²) in [5.41, 5.74) is 3.28. The number of amides is 1. The Kier molecular flexibility index (Phi) is 7.88. The highest BCUT2D eigenvalue weighted by molar-refractivity contribution is 7.99. The van der Waals surface area contributed by atoms with Gasteiger partial charge in [-0.15, -0.1) is 11.3 Å². The summed E-state index contributed by atoms with van der Waals surface area (Å²) in [7, 11) is 0. The van der Waals surface area contributed by atoms with Crippen molar-refractivity contribution in [3.8, 4) is 0 Å². The maximum atomic E-state index is 13.8. The lowest BCUT2D eigenvalue weighted by molar-refractivity contribution is -0.116. The number of ether oxygens (including phenoxy) is 1. The van der Waals surface area contributed by atoms with Gasteiger partial charge in [0, 0.05) is 17.3 Å². The molecule has 0 fully saturated rings. The fraction of sp³-hybridized carbons (Fsp3) is 0.286. The molecule has 1 aliphatic rings. The number of benzene rings is 2. The average molecular weight is 568 g/mol. The molecule has 5 rings (SSSR count). The predicted molar refractivity (Wildman–Crippen MR) is 153 cm³/mol. The molecule has 38 heavy (non-hydrogen) atoms. The van der Waals surface area contributed by atoms with E-state index in [1.807, 2.05) is 35.2 Å². The normalized spacial score (nSPS) is 13.0. The van der Waals surface area contributed by atoms with Crippen LogP contribution in [0.25, 0.3) is 10.2 Å². The summed E-state index contributed by atoms with van der Waals surface area (Å²) in [5, 5.41) is 1.42. The van der Waals surface area contributed by atoms with Gasteiger partial charge in [0.2, 0.25) is 5.91 Å². The molecule has 0 radical (unpaired) electrons. The number of aromatic nitrogens is 2. The number of nitrogens with zero attached hydrogens (tertiary/aromatic N) is 3. The minimum Gasteiger partial charge on any atom is -0.462 e.